The molecule has 9 rings (SSSR count). The van der Waals surface area contributed by atoms with Gasteiger partial charge in [-0.1, -0.05) is 140 Å². The van der Waals surface area contributed by atoms with E-state index < -0.39 is 0 Å². The average molecular weight is 681 g/mol. The lowest BCUT2D eigenvalue weighted by Gasteiger charge is -2.13. The standard InChI is InChI=1S/C50H36N2O/c1-3-15-33(4-2)40-30-41(34-16-6-5-7-17-34)32-42(31-40)38-22-12-20-36(28-38)37-21-13-23-39(29-37)50-51-47(44-26-14-19-35-18-8-9-24-43(35)44)49-48(52-50)45-25-10-11-27-46(45)53-49/h3-32H,1-2H3/b15-3-,33-4+. The van der Waals surface area contributed by atoms with Crippen LogP contribution in [0.2, 0.25) is 0 Å². The summed E-state index contributed by atoms with van der Waals surface area (Å²) in [5.74, 6) is 0.660. The van der Waals surface area contributed by atoms with E-state index in [1.165, 1.54) is 27.8 Å². The van der Waals surface area contributed by atoms with Crippen molar-refractivity contribution in [1.29, 1.82) is 0 Å². The van der Waals surface area contributed by atoms with Gasteiger partial charge in [0.2, 0.25) is 0 Å². The SMILES string of the molecule is C/C=C\C(=C/C)c1cc(-c2ccccc2)cc(-c2cccc(-c3cccc(-c4nc(-c5cccc6ccccc56)c5oc6ccccc6c5n4)c3)c2)c1. The monoisotopic (exact) mass is 680 g/mol. The number of rotatable bonds is 7. The van der Waals surface area contributed by atoms with Gasteiger partial charge >= 0.3 is 0 Å². The van der Waals surface area contributed by atoms with Gasteiger partial charge in [-0.2, -0.15) is 0 Å². The van der Waals surface area contributed by atoms with E-state index in [0.717, 1.165) is 60.8 Å². The molecule has 0 amide bonds. The van der Waals surface area contributed by atoms with Gasteiger partial charge in [0.15, 0.2) is 11.4 Å². The van der Waals surface area contributed by atoms with E-state index in [1.54, 1.807) is 0 Å². The number of allylic oxidation sites excluding steroid dienone is 4. The fraction of sp³-hybridized carbons (Fsp3) is 0.0400. The second-order valence-corrected chi connectivity index (χ2v) is 13.3. The molecule has 0 radical (unpaired) electrons. The Morgan fingerprint density at radius 1 is 0.509 bits per heavy atom. The molecule has 0 spiro atoms. The van der Waals surface area contributed by atoms with E-state index in [2.05, 4.69) is 178 Å². The molecule has 9 aromatic rings. The van der Waals surface area contributed by atoms with Gasteiger partial charge in [0.05, 0.1) is 0 Å². The summed E-state index contributed by atoms with van der Waals surface area (Å²) in [6.45, 7) is 4.16. The minimum absolute atomic E-state index is 0.660. The fourth-order valence-electron chi connectivity index (χ4n) is 7.35. The third kappa shape index (κ3) is 6.03. The van der Waals surface area contributed by atoms with Gasteiger partial charge in [-0.05, 0) is 112 Å². The van der Waals surface area contributed by atoms with Crippen molar-refractivity contribution in [2.75, 3.05) is 0 Å². The predicted octanol–water partition coefficient (Wildman–Crippen LogP) is 13.8. The van der Waals surface area contributed by atoms with Crippen molar-refractivity contribution in [2.45, 2.75) is 13.8 Å². The predicted molar refractivity (Wildman–Crippen MR) is 222 cm³/mol. The Hall–Kier alpha value is -6.84. The molecule has 2 aromatic heterocycles. The number of aromatic nitrogens is 2. The highest BCUT2D eigenvalue weighted by atomic mass is 16.3. The van der Waals surface area contributed by atoms with Gasteiger partial charge in [-0.3, -0.25) is 0 Å². The molecule has 3 heteroatoms. The first-order chi connectivity index (χ1) is 26.2. The Morgan fingerprint density at radius 3 is 1.87 bits per heavy atom. The number of nitrogens with zero attached hydrogens (tertiary/aromatic N) is 2. The molecule has 0 saturated carbocycles. The molecular formula is C50H36N2O. The first-order valence-electron chi connectivity index (χ1n) is 18.1. The van der Waals surface area contributed by atoms with Crippen LogP contribution in [0.5, 0.6) is 0 Å². The van der Waals surface area contributed by atoms with Crippen LogP contribution < -0.4 is 0 Å². The number of hydrogen-bond donors (Lipinski definition) is 0. The summed E-state index contributed by atoms with van der Waals surface area (Å²) in [7, 11) is 0. The summed E-state index contributed by atoms with van der Waals surface area (Å²) in [5, 5.41) is 3.25. The highest BCUT2D eigenvalue weighted by Gasteiger charge is 2.20. The lowest BCUT2D eigenvalue weighted by atomic mass is 9.91. The van der Waals surface area contributed by atoms with Gasteiger partial charge in [-0.25, -0.2) is 9.97 Å². The molecule has 0 aliphatic carbocycles. The topological polar surface area (TPSA) is 38.9 Å². The number of fused-ring (bicyclic) bond motifs is 4. The summed E-state index contributed by atoms with van der Waals surface area (Å²) >= 11 is 0. The normalized spacial score (nSPS) is 12.0. The van der Waals surface area contributed by atoms with Crippen molar-refractivity contribution < 1.29 is 4.42 Å². The quantitative estimate of drug-likeness (QED) is 0.157. The Balaban J connectivity index is 1.17. The molecule has 3 nitrogen and oxygen atoms in total. The number of benzene rings is 7. The van der Waals surface area contributed by atoms with E-state index >= 15 is 0 Å². The van der Waals surface area contributed by atoms with Crippen molar-refractivity contribution in [3.63, 3.8) is 0 Å². The van der Waals surface area contributed by atoms with E-state index in [9.17, 15) is 0 Å². The van der Waals surface area contributed by atoms with Crippen molar-refractivity contribution in [1.82, 2.24) is 9.97 Å². The van der Waals surface area contributed by atoms with Gasteiger partial charge in [-0.15, -0.1) is 0 Å². The molecule has 0 fully saturated rings. The molecular weight excluding hydrogens is 645 g/mol. The molecule has 7 aromatic carbocycles. The molecule has 0 N–H and O–H groups in total. The zero-order valence-electron chi connectivity index (χ0n) is 29.6. The van der Waals surface area contributed by atoms with E-state index in [4.69, 9.17) is 14.4 Å². The Morgan fingerprint density at radius 2 is 1.09 bits per heavy atom. The summed E-state index contributed by atoms with van der Waals surface area (Å²) in [5.41, 5.74) is 14.4. The van der Waals surface area contributed by atoms with Crippen LogP contribution in [0.4, 0.5) is 0 Å². The third-order valence-corrected chi connectivity index (χ3v) is 9.95. The summed E-state index contributed by atoms with van der Waals surface area (Å²) in [6, 6.07) is 57.7. The largest absolute Gasteiger partial charge is 0.452 e. The zero-order valence-corrected chi connectivity index (χ0v) is 29.6. The Kier molecular flexibility index (Phi) is 8.30. The summed E-state index contributed by atoms with van der Waals surface area (Å²) < 4.78 is 6.47. The van der Waals surface area contributed by atoms with E-state index in [1.807, 2.05) is 18.2 Å². The maximum absolute atomic E-state index is 6.47. The first-order valence-corrected chi connectivity index (χ1v) is 18.1. The molecule has 0 aliphatic rings. The number of hydrogen-bond acceptors (Lipinski definition) is 3. The van der Waals surface area contributed by atoms with Crippen LogP contribution in [0, 0.1) is 0 Å². The highest BCUT2D eigenvalue weighted by Crippen LogP contribution is 2.39. The minimum Gasteiger partial charge on any atom is -0.452 e. The van der Waals surface area contributed by atoms with Crippen LogP contribution in [-0.4, -0.2) is 9.97 Å². The van der Waals surface area contributed by atoms with E-state index in [0.29, 0.717) is 11.4 Å². The number of furan rings is 1. The molecule has 252 valence electrons. The molecule has 0 atom stereocenters. The lowest BCUT2D eigenvalue weighted by molar-refractivity contribution is 0.667. The Bertz CT molecular complexity index is 2850. The third-order valence-electron chi connectivity index (χ3n) is 9.95. The van der Waals surface area contributed by atoms with Crippen molar-refractivity contribution in [3.8, 4) is 56.0 Å². The molecule has 0 unspecified atom stereocenters. The van der Waals surface area contributed by atoms with Crippen molar-refractivity contribution >= 4 is 38.4 Å². The maximum atomic E-state index is 6.47. The van der Waals surface area contributed by atoms with E-state index in [-0.39, 0.29) is 0 Å². The van der Waals surface area contributed by atoms with Gasteiger partial charge in [0.1, 0.15) is 16.8 Å². The minimum atomic E-state index is 0.660. The van der Waals surface area contributed by atoms with Crippen LogP contribution in [0.3, 0.4) is 0 Å². The van der Waals surface area contributed by atoms with Crippen LogP contribution in [0.15, 0.2) is 186 Å². The van der Waals surface area contributed by atoms with Crippen LogP contribution >= 0.6 is 0 Å². The lowest BCUT2D eigenvalue weighted by Crippen LogP contribution is -1.95. The smallest absolute Gasteiger partial charge is 0.180 e. The second-order valence-electron chi connectivity index (χ2n) is 13.3. The van der Waals surface area contributed by atoms with Gasteiger partial charge in [0, 0.05) is 16.5 Å². The zero-order chi connectivity index (χ0) is 35.7. The second kappa shape index (κ2) is 13.7. The highest BCUT2D eigenvalue weighted by molar-refractivity contribution is 6.10. The van der Waals surface area contributed by atoms with Gasteiger partial charge < -0.3 is 4.42 Å². The van der Waals surface area contributed by atoms with Crippen LogP contribution in [-0.2, 0) is 0 Å². The molecule has 2 heterocycles. The maximum Gasteiger partial charge on any atom is 0.180 e. The van der Waals surface area contributed by atoms with Crippen LogP contribution in [0.1, 0.15) is 19.4 Å². The first kappa shape index (κ1) is 32.1. The van der Waals surface area contributed by atoms with Gasteiger partial charge in [0.25, 0.3) is 0 Å². The van der Waals surface area contributed by atoms with Crippen molar-refractivity contribution in [2.24, 2.45) is 0 Å². The summed E-state index contributed by atoms with van der Waals surface area (Å²) in [4.78, 5) is 10.4. The summed E-state index contributed by atoms with van der Waals surface area (Å²) in [6.07, 6.45) is 6.44. The van der Waals surface area contributed by atoms with Crippen LogP contribution in [0.25, 0.3) is 94.4 Å². The average Bonchev–Trinajstić information content (AvgIpc) is 3.61. The fourth-order valence-corrected chi connectivity index (χ4v) is 7.35. The molecule has 0 saturated heterocycles. The molecule has 0 bridgehead atoms. The molecule has 53 heavy (non-hydrogen) atoms. The molecule has 0 aliphatic heterocycles. The Labute approximate surface area is 309 Å². The number of para-hydroxylation sites is 1. The van der Waals surface area contributed by atoms with Crippen molar-refractivity contribution in [3.05, 3.63) is 188 Å².